The highest BCUT2D eigenvalue weighted by Gasteiger charge is 2.16. The highest BCUT2D eigenvalue weighted by molar-refractivity contribution is 6.33. The summed E-state index contributed by atoms with van der Waals surface area (Å²) in [6, 6.07) is 11.1. The summed E-state index contributed by atoms with van der Waals surface area (Å²) in [5.41, 5.74) is 7.38. The summed E-state index contributed by atoms with van der Waals surface area (Å²) < 4.78 is 14.7. The number of aromatic nitrogens is 4. The molecule has 0 amide bonds. The first-order chi connectivity index (χ1) is 9.66. The van der Waals surface area contributed by atoms with Crippen LogP contribution < -0.4 is 5.73 Å². The summed E-state index contributed by atoms with van der Waals surface area (Å²) in [6.45, 7) is 0. The Kier molecular flexibility index (Phi) is 3.08. The largest absolute Gasteiger partial charge is 0.398 e. The fourth-order valence-electron chi connectivity index (χ4n) is 1.90. The van der Waals surface area contributed by atoms with E-state index < -0.39 is 0 Å². The van der Waals surface area contributed by atoms with Gasteiger partial charge >= 0.3 is 0 Å². The van der Waals surface area contributed by atoms with E-state index in [0.29, 0.717) is 27.8 Å². The van der Waals surface area contributed by atoms with E-state index in [-0.39, 0.29) is 5.82 Å². The molecule has 2 N–H and O–H groups in total. The molecular formula is C13H9ClFN5. The van der Waals surface area contributed by atoms with Gasteiger partial charge in [-0.2, -0.15) is 4.68 Å². The third-order valence-corrected chi connectivity index (χ3v) is 3.11. The first kappa shape index (κ1) is 12.6. The van der Waals surface area contributed by atoms with Gasteiger partial charge in [-0.15, -0.1) is 5.10 Å². The van der Waals surface area contributed by atoms with Crippen LogP contribution in [0, 0.1) is 5.82 Å². The Morgan fingerprint density at radius 1 is 1.15 bits per heavy atom. The molecule has 0 bridgehead atoms. The normalized spacial score (nSPS) is 10.7. The summed E-state index contributed by atoms with van der Waals surface area (Å²) >= 11 is 6.15. The molecule has 0 unspecified atom stereocenters. The number of nitrogen functional groups attached to an aromatic ring is 1. The van der Waals surface area contributed by atoms with Gasteiger partial charge in [-0.3, -0.25) is 0 Å². The first-order valence-corrected chi connectivity index (χ1v) is 6.13. The monoisotopic (exact) mass is 289 g/mol. The van der Waals surface area contributed by atoms with Crippen molar-refractivity contribution in [3.05, 3.63) is 53.3 Å². The number of anilines is 1. The van der Waals surface area contributed by atoms with Crippen molar-refractivity contribution in [2.24, 2.45) is 0 Å². The molecule has 0 aliphatic carbocycles. The number of nitrogens with zero attached hydrogens (tertiary/aromatic N) is 4. The average molecular weight is 290 g/mol. The molecule has 0 saturated heterocycles. The van der Waals surface area contributed by atoms with Crippen LogP contribution in [0.15, 0.2) is 42.5 Å². The number of rotatable bonds is 2. The number of tetrazole rings is 1. The van der Waals surface area contributed by atoms with E-state index in [0.717, 1.165) is 0 Å². The van der Waals surface area contributed by atoms with Gasteiger partial charge in [0.25, 0.3) is 0 Å². The Balaban J connectivity index is 2.21. The summed E-state index contributed by atoms with van der Waals surface area (Å²) in [4.78, 5) is 0. The van der Waals surface area contributed by atoms with Gasteiger partial charge in [0.05, 0.1) is 16.3 Å². The van der Waals surface area contributed by atoms with E-state index in [1.165, 1.54) is 16.8 Å². The standard InChI is InChI=1S/C13H9ClFN5/c14-10-5-2-6-11(16)12(10)13-17-18-19-20(13)9-4-1-3-8(15)7-9/h1-7H,16H2. The van der Waals surface area contributed by atoms with Crippen molar-refractivity contribution in [2.75, 3.05) is 5.73 Å². The van der Waals surface area contributed by atoms with Crippen LogP contribution in [0.1, 0.15) is 0 Å². The zero-order chi connectivity index (χ0) is 14.1. The van der Waals surface area contributed by atoms with Crippen LogP contribution in [-0.2, 0) is 0 Å². The van der Waals surface area contributed by atoms with Gasteiger partial charge in [0.2, 0.25) is 0 Å². The number of benzene rings is 2. The lowest BCUT2D eigenvalue weighted by Gasteiger charge is -2.08. The molecule has 7 heteroatoms. The van der Waals surface area contributed by atoms with E-state index in [9.17, 15) is 4.39 Å². The maximum atomic E-state index is 13.3. The van der Waals surface area contributed by atoms with Gasteiger partial charge < -0.3 is 5.73 Å². The predicted molar refractivity (Wildman–Crippen MR) is 74.0 cm³/mol. The van der Waals surface area contributed by atoms with Gasteiger partial charge in [-0.25, -0.2) is 4.39 Å². The van der Waals surface area contributed by atoms with Crippen LogP contribution >= 0.6 is 11.6 Å². The molecule has 1 aromatic heterocycles. The van der Waals surface area contributed by atoms with Gasteiger partial charge in [-0.05, 0) is 40.8 Å². The molecule has 0 fully saturated rings. The molecule has 3 rings (SSSR count). The topological polar surface area (TPSA) is 69.6 Å². The summed E-state index contributed by atoms with van der Waals surface area (Å²) in [5, 5.41) is 11.8. The second-order valence-electron chi connectivity index (χ2n) is 4.10. The van der Waals surface area contributed by atoms with E-state index in [4.69, 9.17) is 17.3 Å². The van der Waals surface area contributed by atoms with Crippen LogP contribution in [0.2, 0.25) is 5.02 Å². The van der Waals surface area contributed by atoms with Gasteiger partial charge in [0.15, 0.2) is 5.82 Å². The Morgan fingerprint density at radius 3 is 2.70 bits per heavy atom. The summed E-state index contributed by atoms with van der Waals surface area (Å²) in [6.07, 6.45) is 0. The molecule has 1 heterocycles. The molecule has 0 spiro atoms. The second kappa shape index (κ2) is 4.90. The lowest BCUT2D eigenvalue weighted by Crippen LogP contribution is -2.02. The van der Waals surface area contributed by atoms with E-state index in [2.05, 4.69) is 15.5 Å². The van der Waals surface area contributed by atoms with Crippen LogP contribution in [0.4, 0.5) is 10.1 Å². The zero-order valence-electron chi connectivity index (χ0n) is 10.2. The van der Waals surface area contributed by atoms with Gasteiger partial charge in [0, 0.05) is 5.69 Å². The van der Waals surface area contributed by atoms with Crippen molar-refractivity contribution < 1.29 is 4.39 Å². The van der Waals surface area contributed by atoms with Crippen molar-refractivity contribution >= 4 is 17.3 Å². The maximum Gasteiger partial charge on any atom is 0.190 e. The van der Waals surface area contributed by atoms with E-state index >= 15 is 0 Å². The second-order valence-corrected chi connectivity index (χ2v) is 4.51. The average Bonchev–Trinajstić information content (AvgIpc) is 2.87. The van der Waals surface area contributed by atoms with Gasteiger partial charge in [-0.1, -0.05) is 23.7 Å². The molecule has 0 saturated carbocycles. The highest BCUT2D eigenvalue weighted by Crippen LogP contribution is 2.32. The molecule has 0 radical (unpaired) electrons. The molecule has 0 aliphatic heterocycles. The molecule has 0 aliphatic rings. The number of nitrogens with two attached hydrogens (primary N) is 1. The Labute approximate surface area is 118 Å². The van der Waals surface area contributed by atoms with Crippen LogP contribution in [-0.4, -0.2) is 20.2 Å². The molecule has 100 valence electrons. The lowest BCUT2D eigenvalue weighted by molar-refractivity contribution is 0.625. The third-order valence-electron chi connectivity index (χ3n) is 2.79. The molecule has 20 heavy (non-hydrogen) atoms. The minimum atomic E-state index is -0.379. The van der Waals surface area contributed by atoms with E-state index in [1.54, 1.807) is 30.3 Å². The fraction of sp³-hybridized carbons (Fsp3) is 0. The van der Waals surface area contributed by atoms with Crippen molar-refractivity contribution in [3.63, 3.8) is 0 Å². The van der Waals surface area contributed by atoms with Crippen molar-refractivity contribution in [2.45, 2.75) is 0 Å². The molecule has 5 nitrogen and oxygen atoms in total. The number of hydrogen-bond donors (Lipinski definition) is 1. The zero-order valence-corrected chi connectivity index (χ0v) is 10.9. The first-order valence-electron chi connectivity index (χ1n) is 5.75. The molecule has 3 aromatic rings. The minimum Gasteiger partial charge on any atom is -0.398 e. The quantitative estimate of drug-likeness (QED) is 0.736. The summed E-state index contributed by atoms with van der Waals surface area (Å²) in [7, 11) is 0. The van der Waals surface area contributed by atoms with Crippen LogP contribution in [0.25, 0.3) is 17.1 Å². The number of hydrogen-bond acceptors (Lipinski definition) is 4. The predicted octanol–water partition coefficient (Wildman–Crippen LogP) is 2.70. The molecule has 0 atom stereocenters. The summed E-state index contributed by atoms with van der Waals surface area (Å²) in [5.74, 6) is -0.0187. The van der Waals surface area contributed by atoms with Crippen LogP contribution in [0.5, 0.6) is 0 Å². The minimum absolute atomic E-state index is 0.360. The van der Waals surface area contributed by atoms with Gasteiger partial charge in [0.1, 0.15) is 5.82 Å². The highest BCUT2D eigenvalue weighted by atomic mass is 35.5. The fourth-order valence-corrected chi connectivity index (χ4v) is 2.17. The maximum absolute atomic E-state index is 13.3. The SMILES string of the molecule is Nc1cccc(Cl)c1-c1nnnn1-c1cccc(F)c1. The van der Waals surface area contributed by atoms with Crippen molar-refractivity contribution in [1.29, 1.82) is 0 Å². The van der Waals surface area contributed by atoms with Crippen molar-refractivity contribution in [1.82, 2.24) is 20.2 Å². The third kappa shape index (κ3) is 2.10. The van der Waals surface area contributed by atoms with Crippen molar-refractivity contribution in [3.8, 4) is 17.1 Å². The Bertz CT molecular complexity index is 751. The Morgan fingerprint density at radius 2 is 1.95 bits per heavy atom. The lowest BCUT2D eigenvalue weighted by atomic mass is 10.1. The number of halogens is 2. The van der Waals surface area contributed by atoms with Crippen LogP contribution in [0.3, 0.4) is 0 Å². The molecule has 2 aromatic carbocycles. The molecular weight excluding hydrogens is 281 g/mol. The smallest absolute Gasteiger partial charge is 0.190 e. The Hall–Kier alpha value is -2.47. The van der Waals surface area contributed by atoms with E-state index in [1.807, 2.05) is 0 Å².